The third-order valence-electron chi connectivity index (χ3n) is 3.10. The Labute approximate surface area is 120 Å². The van der Waals surface area contributed by atoms with Crippen LogP contribution in [0, 0.1) is 0 Å². The molecule has 2 rings (SSSR count). The Bertz CT molecular complexity index is 547. The van der Waals surface area contributed by atoms with Crippen LogP contribution in [-0.4, -0.2) is 29.5 Å². The second kappa shape index (κ2) is 6.67. The molecule has 0 radical (unpaired) electrons. The lowest BCUT2D eigenvalue weighted by Crippen LogP contribution is -2.48. The smallest absolute Gasteiger partial charge is 0.234 e. The topological polar surface area (TPSA) is 67.4 Å². The van der Waals surface area contributed by atoms with Gasteiger partial charge in [-0.25, -0.2) is 5.43 Å². The van der Waals surface area contributed by atoms with Gasteiger partial charge in [-0.2, -0.15) is 0 Å². The summed E-state index contributed by atoms with van der Waals surface area (Å²) in [5.41, 5.74) is 6.49. The van der Waals surface area contributed by atoms with Crippen LogP contribution in [0.5, 0.6) is 5.75 Å². The Morgan fingerprint density at radius 3 is 2.85 bits per heavy atom. The van der Waals surface area contributed by atoms with Crippen molar-refractivity contribution in [1.82, 2.24) is 10.9 Å². The molecule has 1 aromatic rings. The number of nitrogens with one attached hydrogen (secondary N) is 2. The predicted molar refractivity (Wildman–Crippen MR) is 78.7 cm³/mol. The summed E-state index contributed by atoms with van der Waals surface area (Å²) < 4.78 is 16.9. The fourth-order valence-electron chi connectivity index (χ4n) is 1.99. The SMILES string of the molecule is COc1ccc(/C=C/C2CCC(=O)NN2)cc1S(C)=O. The molecule has 0 bridgehead atoms. The van der Waals surface area contributed by atoms with Gasteiger partial charge in [-0.1, -0.05) is 18.2 Å². The van der Waals surface area contributed by atoms with Gasteiger partial charge in [0.05, 0.1) is 22.8 Å². The molecule has 1 fully saturated rings. The molecule has 1 aromatic carbocycles. The molecule has 20 heavy (non-hydrogen) atoms. The zero-order chi connectivity index (χ0) is 14.5. The lowest BCUT2D eigenvalue weighted by molar-refractivity contribution is -0.123. The molecule has 6 heteroatoms. The first kappa shape index (κ1) is 14.7. The van der Waals surface area contributed by atoms with Gasteiger partial charge in [0.2, 0.25) is 5.91 Å². The van der Waals surface area contributed by atoms with Gasteiger partial charge in [0, 0.05) is 18.7 Å². The lowest BCUT2D eigenvalue weighted by Gasteiger charge is -2.20. The molecule has 2 N–H and O–H groups in total. The van der Waals surface area contributed by atoms with Crippen LogP contribution in [0.2, 0.25) is 0 Å². The Hall–Kier alpha value is -1.66. The van der Waals surface area contributed by atoms with Gasteiger partial charge in [-0.3, -0.25) is 14.4 Å². The van der Waals surface area contributed by atoms with E-state index in [9.17, 15) is 9.00 Å². The maximum atomic E-state index is 11.7. The van der Waals surface area contributed by atoms with E-state index < -0.39 is 10.8 Å². The molecule has 0 aliphatic carbocycles. The van der Waals surface area contributed by atoms with Gasteiger partial charge >= 0.3 is 0 Å². The van der Waals surface area contributed by atoms with Crippen molar-refractivity contribution in [3.05, 3.63) is 29.8 Å². The van der Waals surface area contributed by atoms with Crippen LogP contribution in [0.4, 0.5) is 0 Å². The van der Waals surface area contributed by atoms with E-state index in [2.05, 4.69) is 10.9 Å². The van der Waals surface area contributed by atoms with Crippen molar-refractivity contribution >= 4 is 22.8 Å². The number of carbonyl (C=O) groups excluding carboxylic acids is 1. The summed E-state index contributed by atoms with van der Waals surface area (Å²) in [6.45, 7) is 0. The van der Waals surface area contributed by atoms with Crippen LogP contribution >= 0.6 is 0 Å². The number of rotatable bonds is 4. The minimum Gasteiger partial charge on any atom is -0.495 e. The molecule has 2 atom stereocenters. The highest BCUT2D eigenvalue weighted by Gasteiger charge is 2.14. The number of carbonyl (C=O) groups is 1. The van der Waals surface area contributed by atoms with Crippen molar-refractivity contribution in [1.29, 1.82) is 0 Å². The lowest BCUT2D eigenvalue weighted by atomic mass is 10.1. The molecule has 1 saturated heterocycles. The van der Waals surface area contributed by atoms with Crippen molar-refractivity contribution in [2.75, 3.05) is 13.4 Å². The van der Waals surface area contributed by atoms with Crippen molar-refractivity contribution in [3.63, 3.8) is 0 Å². The molecule has 5 nitrogen and oxygen atoms in total. The fraction of sp³-hybridized carbons (Fsp3) is 0.357. The monoisotopic (exact) mass is 294 g/mol. The molecule has 1 heterocycles. The summed E-state index contributed by atoms with van der Waals surface area (Å²) in [7, 11) is 0.470. The normalized spacial score (nSPS) is 20.7. The van der Waals surface area contributed by atoms with Crippen molar-refractivity contribution < 1.29 is 13.7 Å². The van der Waals surface area contributed by atoms with E-state index in [1.54, 1.807) is 13.4 Å². The fourth-order valence-corrected chi connectivity index (χ4v) is 2.72. The van der Waals surface area contributed by atoms with Gasteiger partial charge in [0.25, 0.3) is 0 Å². The second-order valence-corrected chi connectivity index (χ2v) is 5.91. The first-order valence-corrected chi connectivity index (χ1v) is 7.90. The van der Waals surface area contributed by atoms with E-state index in [1.165, 1.54) is 0 Å². The molecular weight excluding hydrogens is 276 g/mol. The standard InChI is InChI=1S/C14H18N2O3S/c1-19-12-7-4-10(9-13(12)20(2)18)3-5-11-6-8-14(17)16-15-11/h3-5,7,9,11,15H,6,8H2,1-2H3,(H,16,17)/b5-3+. The highest BCUT2D eigenvalue weighted by atomic mass is 32.2. The van der Waals surface area contributed by atoms with Crippen LogP contribution in [0.3, 0.4) is 0 Å². The molecule has 0 aromatic heterocycles. The van der Waals surface area contributed by atoms with Crippen LogP contribution in [0.15, 0.2) is 29.2 Å². The zero-order valence-corrected chi connectivity index (χ0v) is 12.3. The number of hydrazine groups is 1. The third kappa shape index (κ3) is 3.68. The Morgan fingerprint density at radius 1 is 1.45 bits per heavy atom. The molecule has 0 saturated carbocycles. The van der Waals surface area contributed by atoms with E-state index in [-0.39, 0.29) is 11.9 Å². The van der Waals surface area contributed by atoms with Gasteiger partial charge in [-0.05, 0) is 24.1 Å². The molecular formula is C14H18N2O3S. The molecule has 2 unspecified atom stereocenters. The Balaban J connectivity index is 2.11. The summed E-state index contributed by atoms with van der Waals surface area (Å²) in [4.78, 5) is 11.7. The second-order valence-electron chi connectivity index (χ2n) is 4.56. The van der Waals surface area contributed by atoms with Gasteiger partial charge in [0.15, 0.2) is 0 Å². The number of hydrogen-bond donors (Lipinski definition) is 2. The molecule has 1 aliphatic heterocycles. The van der Waals surface area contributed by atoms with Gasteiger partial charge in [0.1, 0.15) is 5.75 Å². The van der Waals surface area contributed by atoms with Crippen LogP contribution in [0.25, 0.3) is 6.08 Å². The predicted octanol–water partition coefficient (Wildman–Crippen LogP) is 1.23. The van der Waals surface area contributed by atoms with E-state index >= 15 is 0 Å². The largest absolute Gasteiger partial charge is 0.495 e. The number of benzene rings is 1. The minimum absolute atomic E-state index is 0.0164. The van der Waals surface area contributed by atoms with Crippen molar-refractivity contribution in [2.45, 2.75) is 23.8 Å². The highest BCUT2D eigenvalue weighted by Crippen LogP contribution is 2.23. The quantitative estimate of drug-likeness (QED) is 0.876. The Kier molecular flexibility index (Phi) is 4.92. The van der Waals surface area contributed by atoms with Crippen LogP contribution in [-0.2, 0) is 15.6 Å². The highest BCUT2D eigenvalue weighted by molar-refractivity contribution is 7.84. The summed E-state index contributed by atoms with van der Waals surface area (Å²) >= 11 is 0. The number of hydrogen-bond acceptors (Lipinski definition) is 4. The molecule has 0 spiro atoms. The summed E-state index contributed by atoms with van der Waals surface area (Å²) in [5.74, 6) is 0.647. The Morgan fingerprint density at radius 2 is 2.25 bits per heavy atom. The molecule has 1 aliphatic rings. The van der Waals surface area contributed by atoms with E-state index in [1.807, 2.05) is 30.4 Å². The van der Waals surface area contributed by atoms with Gasteiger partial charge in [-0.15, -0.1) is 0 Å². The van der Waals surface area contributed by atoms with Crippen LogP contribution < -0.4 is 15.6 Å². The maximum Gasteiger partial charge on any atom is 0.234 e. The minimum atomic E-state index is -1.10. The molecule has 1 amide bonds. The van der Waals surface area contributed by atoms with Crippen molar-refractivity contribution in [3.8, 4) is 5.75 Å². The average Bonchev–Trinajstić information content (AvgIpc) is 2.46. The third-order valence-corrected chi connectivity index (χ3v) is 4.04. The summed E-state index contributed by atoms with van der Waals surface area (Å²) in [5, 5.41) is 0. The number of ether oxygens (including phenoxy) is 1. The number of amides is 1. The first-order valence-electron chi connectivity index (χ1n) is 6.34. The molecule has 108 valence electrons. The van der Waals surface area contributed by atoms with Gasteiger partial charge < -0.3 is 4.74 Å². The van der Waals surface area contributed by atoms with E-state index in [4.69, 9.17) is 4.74 Å². The van der Waals surface area contributed by atoms with E-state index in [0.29, 0.717) is 17.1 Å². The number of methoxy groups -OCH3 is 1. The zero-order valence-electron chi connectivity index (χ0n) is 11.5. The summed E-state index contributed by atoms with van der Waals surface area (Å²) in [6.07, 6.45) is 6.86. The van der Waals surface area contributed by atoms with Crippen molar-refractivity contribution in [2.24, 2.45) is 0 Å². The summed E-state index contributed by atoms with van der Waals surface area (Å²) in [6, 6.07) is 5.69. The van der Waals surface area contributed by atoms with E-state index in [0.717, 1.165) is 12.0 Å². The van der Waals surface area contributed by atoms with Crippen LogP contribution in [0.1, 0.15) is 18.4 Å². The first-order chi connectivity index (χ1) is 9.60. The average molecular weight is 294 g/mol. The maximum absolute atomic E-state index is 11.7.